The number of alkyl halides is 3. The molecule has 1 aliphatic heterocycles. The van der Waals surface area contributed by atoms with Crippen LogP contribution in [0.3, 0.4) is 0 Å². The maximum atomic E-state index is 13.1. The summed E-state index contributed by atoms with van der Waals surface area (Å²) in [6.45, 7) is 0. The molecule has 1 heterocycles. The molecule has 3 rings (SSSR count). The molecule has 0 saturated heterocycles. The maximum absolute atomic E-state index is 13.1. The standard InChI is InChI=1S/C18H16Cl2F3N4/c19-14-7-11(18(21,22)23)8-15(20)17(14)27(13-5-3-1-2-4-6-13)16(25)9-12(10-24)26-27/h3,5,7-9,13H,1-2,4,6,25H2/q+1. The third-order valence-corrected chi connectivity index (χ3v) is 5.28. The Hall–Kier alpha value is -2.01. The van der Waals surface area contributed by atoms with Crippen molar-refractivity contribution in [2.45, 2.75) is 37.9 Å². The van der Waals surface area contributed by atoms with E-state index >= 15 is 0 Å². The van der Waals surface area contributed by atoms with Crippen molar-refractivity contribution in [3.8, 4) is 6.07 Å². The van der Waals surface area contributed by atoms with Crippen molar-refractivity contribution in [1.82, 2.24) is 4.59 Å². The van der Waals surface area contributed by atoms with E-state index in [4.69, 9.17) is 28.9 Å². The molecule has 2 N–H and O–H groups in total. The van der Waals surface area contributed by atoms with Crippen molar-refractivity contribution >= 4 is 34.6 Å². The predicted molar refractivity (Wildman–Crippen MR) is 100.0 cm³/mol. The highest BCUT2D eigenvalue weighted by Gasteiger charge is 2.50. The van der Waals surface area contributed by atoms with Crippen LogP contribution in [-0.2, 0) is 6.18 Å². The van der Waals surface area contributed by atoms with Crippen molar-refractivity contribution in [3.63, 3.8) is 0 Å². The molecule has 142 valence electrons. The second kappa shape index (κ2) is 7.19. The quantitative estimate of drug-likeness (QED) is 0.510. The van der Waals surface area contributed by atoms with E-state index in [0.29, 0.717) is 6.42 Å². The minimum Gasteiger partial charge on any atom is -0.352 e. The van der Waals surface area contributed by atoms with E-state index in [2.05, 4.69) is 5.10 Å². The van der Waals surface area contributed by atoms with E-state index in [1.165, 1.54) is 6.08 Å². The van der Waals surface area contributed by atoms with Gasteiger partial charge in [-0.15, -0.1) is 4.59 Å². The highest BCUT2D eigenvalue weighted by atomic mass is 35.5. The number of hydrogen-bond acceptors (Lipinski definition) is 3. The van der Waals surface area contributed by atoms with Crippen LogP contribution in [0.5, 0.6) is 0 Å². The van der Waals surface area contributed by atoms with E-state index in [1.54, 1.807) is 0 Å². The van der Waals surface area contributed by atoms with Gasteiger partial charge in [0.05, 0.1) is 11.6 Å². The number of benzene rings is 1. The molecule has 1 aliphatic carbocycles. The van der Waals surface area contributed by atoms with Crippen LogP contribution in [0.25, 0.3) is 0 Å². The molecule has 2 aliphatic rings. The Balaban J connectivity index is 2.27. The number of halogens is 5. The van der Waals surface area contributed by atoms with Gasteiger partial charge in [0.1, 0.15) is 22.2 Å². The topological polar surface area (TPSA) is 62.2 Å². The van der Waals surface area contributed by atoms with Crippen LogP contribution in [-0.4, -0.2) is 11.8 Å². The van der Waals surface area contributed by atoms with E-state index in [1.807, 2.05) is 18.2 Å². The molecule has 0 amide bonds. The van der Waals surface area contributed by atoms with E-state index in [9.17, 15) is 18.4 Å². The zero-order valence-electron chi connectivity index (χ0n) is 14.1. The SMILES string of the molecule is N#CC1=N[N+](c2c(Cl)cc(C(F)(F)F)cc2Cl)(C2C=CCCCC2)C(N)=C1. The summed E-state index contributed by atoms with van der Waals surface area (Å²) in [5.74, 6) is 0.187. The second-order valence-electron chi connectivity index (χ2n) is 6.42. The van der Waals surface area contributed by atoms with Gasteiger partial charge in [-0.25, -0.2) is 0 Å². The molecule has 27 heavy (non-hydrogen) atoms. The molecule has 0 bridgehead atoms. The van der Waals surface area contributed by atoms with Gasteiger partial charge in [-0.3, -0.25) is 0 Å². The van der Waals surface area contributed by atoms with Gasteiger partial charge in [-0.1, -0.05) is 34.4 Å². The van der Waals surface area contributed by atoms with Gasteiger partial charge in [0.15, 0.2) is 0 Å². The summed E-state index contributed by atoms with van der Waals surface area (Å²) in [6.07, 6.45) is 4.11. The summed E-state index contributed by atoms with van der Waals surface area (Å²) in [6, 6.07) is 3.24. The average Bonchev–Trinajstić information content (AvgIpc) is 2.76. The molecule has 1 aromatic carbocycles. The summed E-state index contributed by atoms with van der Waals surface area (Å²) < 4.78 is 38.9. The van der Waals surface area contributed by atoms with Crippen LogP contribution in [0.1, 0.15) is 31.2 Å². The normalized spacial score (nSPS) is 25.6. The molecule has 0 fully saturated rings. The van der Waals surface area contributed by atoms with Crippen molar-refractivity contribution in [3.05, 3.63) is 51.8 Å². The van der Waals surface area contributed by atoms with Crippen LogP contribution in [0.4, 0.5) is 18.9 Å². The number of nitrogens with two attached hydrogens (primary N) is 1. The molecule has 0 spiro atoms. The predicted octanol–water partition coefficient (Wildman–Crippen LogP) is 5.51. The Labute approximate surface area is 164 Å². The maximum Gasteiger partial charge on any atom is 0.416 e. The molecular weight excluding hydrogens is 400 g/mol. The molecule has 1 aromatic rings. The van der Waals surface area contributed by atoms with Crippen LogP contribution in [0.15, 0.2) is 41.3 Å². The lowest BCUT2D eigenvalue weighted by Crippen LogP contribution is -2.52. The molecule has 9 heteroatoms. The number of allylic oxidation sites excluding steroid dienone is 2. The van der Waals surface area contributed by atoms with Gasteiger partial charge in [-0.05, 0) is 37.5 Å². The molecule has 2 unspecified atom stereocenters. The Morgan fingerprint density at radius 3 is 2.44 bits per heavy atom. The van der Waals surface area contributed by atoms with Crippen LogP contribution >= 0.6 is 23.2 Å². The first kappa shape index (κ1) is 19.7. The Bertz CT molecular complexity index is 876. The van der Waals surface area contributed by atoms with Crippen molar-refractivity contribution < 1.29 is 13.2 Å². The number of quaternary nitrogens is 1. The van der Waals surface area contributed by atoms with Gasteiger partial charge in [0.2, 0.25) is 17.2 Å². The summed E-state index contributed by atoms with van der Waals surface area (Å²) in [5, 5.41) is 13.3. The monoisotopic (exact) mass is 415 g/mol. The molecule has 4 nitrogen and oxygen atoms in total. The van der Waals surface area contributed by atoms with Crippen LogP contribution in [0, 0.1) is 11.3 Å². The average molecular weight is 416 g/mol. The second-order valence-corrected chi connectivity index (χ2v) is 7.23. The van der Waals surface area contributed by atoms with Crippen molar-refractivity contribution in [2.75, 3.05) is 0 Å². The molecule has 0 aromatic heterocycles. The first-order valence-corrected chi connectivity index (χ1v) is 9.06. The zero-order valence-corrected chi connectivity index (χ0v) is 15.6. The zero-order chi connectivity index (χ0) is 19.8. The summed E-state index contributed by atoms with van der Waals surface area (Å²) in [5.41, 5.74) is 5.50. The van der Waals surface area contributed by atoms with E-state index in [-0.39, 0.29) is 33.3 Å². The third kappa shape index (κ3) is 3.45. The largest absolute Gasteiger partial charge is 0.416 e. The van der Waals surface area contributed by atoms with Crippen molar-refractivity contribution in [1.29, 1.82) is 5.26 Å². The smallest absolute Gasteiger partial charge is 0.352 e. The fraction of sp³-hybridized carbons (Fsp3) is 0.333. The van der Waals surface area contributed by atoms with E-state index < -0.39 is 16.3 Å². The first-order chi connectivity index (χ1) is 12.7. The summed E-state index contributed by atoms with van der Waals surface area (Å²) in [4.78, 5) is 0. The molecule has 0 radical (unpaired) electrons. The van der Waals surface area contributed by atoms with Gasteiger partial charge in [0, 0.05) is 6.42 Å². The lowest BCUT2D eigenvalue weighted by atomic mass is 10.1. The summed E-state index contributed by atoms with van der Waals surface area (Å²) in [7, 11) is 0. The Morgan fingerprint density at radius 1 is 1.22 bits per heavy atom. The lowest BCUT2D eigenvalue weighted by Gasteiger charge is -2.35. The number of hydrogen-bond donors (Lipinski definition) is 1. The lowest BCUT2D eigenvalue weighted by molar-refractivity contribution is -0.137. The highest BCUT2D eigenvalue weighted by molar-refractivity contribution is 6.39. The highest BCUT2D eigenvalue weighted by Crippen LogP contribution is 2.48. The van der Waals surface area contributed by atoms with E-state index in [0.717, 1.165) is 31.4 Å². The number of rotatable bonds is 2. The summed E-state index contributed by atoms with van der Waals surface area (Å²) >= 11 is 12.5. The van der Waals surface area contributed by atoms with Crippen LogP contribution < -0.4 is 10.3 Å². The molecule has 0 saturated carbocycles. The fourth-order valence-corrected chi connectivity index (χ4v) is 4.24. The van der Waals surface area contributed by atoms with Gasteiger partial charge in [-0.2, -0.15) is 18.4 Å². The van der Waals surface area contributed by atoms with Gasteiger partial charge in [0.25, 0.3) is 0 Å². The number of nitriles is 1. The van der Waals surface area contributed by atoms with Gasteiger partial charge < -0.3 is 5.73 Å². The minimum atomic E-state index is -4.59. The fourth-order valence-electron chi connectivity index (χ4n) is 3.49. The molecule has 2 atom stereocenters. The van der Waals surface area contributed by atoms with Crippen LogP contribution in [0.2, 0.25) is 10.0 Å². The number of nitrogens with zero attached hydrogens (tertiary/aromatic N) is 3. The molecular formula is C18H16Cl2F3N4+. The Kier molecular flexibility index (Phi) is 5.26. The van der Waals surface area contributed by atoms with Gasteiger partial charge >= 0.3 is 6.18 Å². The van der Waals surface area contributed by atoms with Crippen molar-refractivity contribution in [2.24, 2.45) is 10.8 Å². The minimum absolute atomic E-state index is 0.0668. The first-order valence-electron chi connectivity index (χ1n) is 8.30. The Morgan fingerprint density at radius 2 is 1.89 bits per heavy atom. The third-order valence-electron chi connectivity index (χ3n) is 4.70.